The molecule has 0 spiro atoms. The Morgan fingerprint density at radius 2 is 2.11 bits per heavy atom. The molecule has 0 aliphatic rings. The first-order valence-corrected chi connectivity index (χ1v) is 7.26. The number of anilines is 1. The molecule has 96 valence electrons. The number of fused-ring (bicyclic) bond motifs is 1. The van der Waals surface area contributed by atoms with Gasteiger partial charge in [-0.2, -0.15) is 0 Å². The van der Waals surface area contributed by atoms with Crippen molar-refractivity contribution in [2.45, 2.75) is 13.5 Å². The zero-order chi connectivity index (χ0) is 13.2. The molecule has 0 saturated heterocycles. The molecule has 0 radical (unpaired) electrons. The number of hydrogen-bond acceptors (Lipinski definition) is 3. The maximum atomic E-state index is 5.97. The molecule has 0 aliphatic carbocycles. The van der Waals surface area contributed by atoms with Gasteiger partial charge >= 0.3 is 0 Å². The Morgan fingerprint density at radius 1 is 1.21 bits per heavy atom. The minimum atomic E-state index is 0.735. The summed E-state index contributed by atoms with van der Waals surface area (Å²) < 4.78 is 1.21. The number of nitrogens with zero attached hydrogens (tertiary/aromatic N) is 1. The predicted molar refractivity (Wildman–Crippen MR) is 83.1 cm³/mol. The average molecular weight is 289 g/mol. The lowest BCUT2D eigenvalue weighted by atomic mass is 10.2. The molecule has 0 saturated carbocycles. The summed E-state index contributed by atoms with van der Waals surface area (Å²) in [7, 11) is 0. The molecule has 0 amide bonds. The zero-order valence-corrected chi connectivity index (χ0v) is 12.1. The van der Waals surface area contributed by atoms with Gasteiger partial charge in [0, 0.05) is 11.6 Å². The van der Waals surface area contributed by atoms with E-state index < -0.39 is 0 Å². The number of rotatable bonds is 3. The molecular formula is C15H13ClN2S. The van der Waals surface area contributed by atoms with Crippen LogP contribution >= 0.6 is 22.9 Å². The molecular weight excluding hydrogens is 276 g/mol. The topological polar surface area (TPSA) is 24.9 Å². The summed E-state index contributed by atoms with van der Waals surface area (Å²) in [5.74, 6) is 0. The summed E-state index contributed by atoms with van der Waals surface area (Å²) in [4.78, 5) is 4.59. The Bertz CT molecular complexity index is 721. The van der Waals surface area contributed by atoms with Crippen molar-refractivity contribution in [1.82, 2.24) is 4.98 Å². The summed E-state index contributed by atoms with van der Waals surface area (Å²) in [6.45, 7) is 2.82. The van der Waals surface area contributed by atoms with E-state index in [4.69, 9.17) is 11.6 Å². The molecule has 0 atom stereocenters. The van der Waals surface area contributed by atoms with Gasteiger partial charge in [-0.25, -0.2) is 4.98 Å². The van der Waals surface area contributed by atoms with Crippen LogP contribution in [0.25, 0.3) is 10.2 Å². The highest BCUT2D eigenvalue weighted by Crippen LogP contribution is 2.27. The van der Waals surface area contributed by atoms with Crippen LogP contribution in [0, 0.1) is 6.92 Å². The highest BCUT2D eigenvalue weighted by atomic mass is 35.5. The van der Waals surface area contributed by atoms with Crippen molar-refractivity contribution < 1.29 is 0 Å². The van der Waals surface area contributed by atoms with Gasteiger partial charge < -0.3 is 5.32 Å². The molecule has 0 fully saturated rings. The van der Waals surface area contributed by atoms with Gasteiger partial charge in [0.05, 0.1) is 10.2 Å². The van der Waals surface area contributed by atoms with E-state index in [-0.39, 0.29) is 0 Å². The number of aromatic nitrogens is 1. The standard InChI is InChI=1S/C15H13ClN2S/c1-10-5-6-14-13(7-10)18-15(19-14)17-9-11-3-2-4-12(16)8-11/h2-8H,9H2,1H3,(H,17,18). The summed E-state index contributed by atoms with van der Waals surface area (Å²) in [6, 6.07) is 14.2. The van der Waals surface area contributed by atoms with Crippen LogP contribution in [0.4, 0.5) is 5.13 Å². The maximum absolute atomic E-state index is 5.97. The lowest BCUT2D eigenvalue weighted by Gasteiger charge is -2.02. The van der Waals surface area contributed by atoms with E-state index in [1.54, 1.807) is 11.3 Å². The molecule has 0 bridgehead atoms. The van der Waals surface area contributed by atoms with Crippen molar-refractivity contribution in [2.75, 3.05) is 5.32 Å². The van der Waals surface area contributed by atoms with E-state index in [2.05, 4.69) is 41.5 Å². The molecule has 3 rings (SSSR count). The molecule has 2 nitrogen and oxygen atoms in total. The second kappa shape index (κ2) is 5.19. The van der Waals surface area contributed by atoms with Crippen molar-refractivity contribution in [2.24, 2.45) is 0 Å². The monoisotopic (exact) mass is 288 g/mol. The van der Waals surface area contributed by atoms with Crippen molar-refractivity contribution in [3.8, 4) is 0 Å². The lowest BCUT2D eigenvalue weighted by molar-refractivity contribution is 1.14. The van der Waals surface area contributed by atoms with E-state index in [0.29, 0.717) is 0 Å². The van der Waals surface area contributed by atoms with Crippen LogP contribution in [0.15, 0.2) is 42.5 Å². The third-order valence-electron chi connectivity index (χ3n) is 2.88. The number of aryl methyl sites for hydroxylation is 1. The van der Waals surface area contributed by atoms with Crippen molar-refractivity contribution in [3.63, 3.8) is 0 Å². The first-order valence-electron chi connectivity index (χ1n) is 6.06. The minimum absolute atomic E-state index is 0.735. The third-order valence-corrected chi connectivity index (χ3v) is 4.11. The van der Waals surface area contributed by atoms with Crippen molar-refractivity contribution >= 4 is 38.3 Å². The van der Waals surface area contributed by atoms with Crippen LogP contribution in [-0.2, 0) is 6.54 Å². The van der Waals surface area contributed by atoms with Crippen LogP contribution in [0.2, 0.25) is 5.02 Å². The van der Waals surface area contributed by atoms with Crippen LogP contribution in [0.5, 0.6) is 0 Å². The Hall–Kier alpha value is -1.58. The molecule has 1 heterocycles. The minimum Gasteiger partial charge on any atom is -0.357 e. The average Bonchev–Trinajstić information content (AvgIpc) is 2.78. The van der Waals surface area contributed by atoms with Gasteiger partial charge in [-0.3, -0.25) is 0 Å². The van der Waals surface area contributed by atoms with E-state index in [0.717, 1.165) is 27.8 Å². The fourth-order valence-corrected chi connectivity index (χ4v) is 2.99. The van der Waals surface area contributed by atoms with Gasteiger partial charge in [0.1, 0.15) is 0 Å². The molecule has 0 aliphatic heterocycles. The number of benzene rings is 2. The molecule has 1 N–H and O–H groups in total. The van der Waals surface area contributed by atoms with Gasteiger partial charge in [0.2, 0.25) is 0 Å². The van der Waals surface area contributed by atoms with E-state index >= 15 is 0 Å². The summed E-state index contributed by atoms with van der Waals surface area (Å²) in [5.41, 5.74) is 3.45. The normalized spacial score (nSPS) is 10.8. The number of thiazole rings is 1. The predicted octanol–water partition coefficient (Wildman–Crippen LogP) is 4.87. The second-order valence-corrected chi connectivity index (χ2v) is 5.94. The molecule has 2 aromatic carbocycles. The highest BCUT2D eigenvalue weighted by Gasteiger charge is 2.03. The molecule has 19 heavy (non-hydrogen) atoms. The third kappa shape index (κ3) is 2.88. The Morgan fingerprint density at radius 3 is 2.95 bits per heavy atom. The van der Waals surface area contributed by atoms with Gasteiger partial charge in [0.15, 0.2) is 5.13 Å². The largest absolute Gasteiger partial charge is 0.357 e. The van der Waals surface area contributed by atoms with E-state index in [1.807, 2.05) is 18.2 Å². The summed E-state index contributed by atoms with van der Waals surface area (Å²) in [6.07, 6.45) is 0. The Balaban J connectivity index is 1.78. The summed E-state index contributed by atoms with van der Waals surface area (Å²) in [5, 5.41) is 5.05. The number of nitrogens with one attached hydrogen (secondary N) is 1. The molecule has 3 aromatic rings. The van der Waals surface area contributed by atoms with Crippen LogP contribution < -0.4 is 5.32 Å². The van der Waals surface area contributed by atoms with E-state index in [9.17, 15) is 0 Å². The van der Waals surface area contributed by atoms with Gasteiger partial charge in [-0.05, 0) is 42.3 Å². The van der Waals surface area contributed by atoms with Gasteiger partial charge in [-0.15, -0.1) is 0 Å². The van der Waals surface area contributed by atoms with Crippen LogP contribution in [0.1, 0.15) is 11.1 Å². The SMILES string of the molecule is Cc1ccc2sc(NCc3cccc(Cl)c3)nc2c1. The second-order valence-electron chi connectivity index (χ2n) is 4.47. The maximum Gasteiger partial charge on any atom is 0.184 e. The first kappa shape index (κ1) is 12.5. The molecule has 0 unspecified atom stereocenters. The smallest absolute Gasteiger partial charge is 0.184 e. The lowest BCUT2D eigenvalue weighted by Crippen LogP contribution is -1.98. The van der Waals surface area contributed by atoms with Crippen molar-refractivity contribution in [1.29, 1.82) is 0 Å². The van der Waals surface area contributed by atoms with E-state index in [1.165, 1.54) is 10.3 Å². The Kier molecular flexibility index (Phi) is 3.40. The highest BCUT2D eigenvalue weighted by molar-refractivity contribution is 7.22. The van der Waals surface area contributed by atoms with Gasteiger partial charge in [0.25, 0.3) is 0 Å². The van der Waals surface area contributed by atoms with Crippen LogP contribution in [-0.4, -0.2) is 4.98 Å². The van der Waals surface area contributed by atoms with Crippen molar-refractivity contribution in [3.05, 3.63) is 58.6 Å². The number of halogens is 1. The van der Waals surface area contributed by atoms with Gasteiger partial charge in [-0.1, -0.05) is 41.1 Å². The summed E-state index contributed by atoms with van der Waals surface area (Å²) >= 11 is 7.64. The quantitative estimate of drug-likeness (QED) is 0.744. The number of hydrogen-bond donors (Lipinski definition) is 1. The fraction of sp³-hybridized carbons (Fsp3) is 0.133. The molecule has 1 aromatic heterocycles. The fourth-order valence-electron chi connectivity index (χ4n) is 1.94. The zero-order valence-electron chi connectivity index (χ0n) is 10.5. The van der Waals surface area contributed by atoms with Crippen LogP contribution in [0.3, 0.4) is 0 Å². The first-order chi connectivity index (χ1) is 9.20. The Labute approximate surface area is 121 Å². The molecule has 4 heteroatoms.